The van der Waals surface area contributed by atoms with Crippen molar-refractivity contribution in [2.24, 2.45) is 11.3 Å². The van der Waals surface area contributed by atoms with Gasteiger partial charge in [0.1, 0.15) is 5.75 Å². The van der Waals surface area contributed by atoms with Gasteiger partial charge in [-0.15, -0.1) is 0 Å². The van der Waals surface area contributed by atoms with E-state index in [4.69, 9.17) is 9.72 Å². The summed E-state index contributed by atoms with van der Waals surface area (Å²) in [6, 6.07) is 8.64. The van der Waals surface area contributed by atoms with E-state index in [2.05, 4.69) is 46.5 Å². The van der Waals surface area contributed by atoms with Crippen LogP contribution in [0.4, 0.5) is 0 Å². The van der Waals surface area contributed by atoms with Crippen molar-refractivity contribution in [3.63, 3.8) is 0 Å². The van der Waals surface area contributed by atoms with E-state index in [1.54, 1.807) is 7.11 Å². The summed E-state index contributed by atoms with van der Waals surface area (Å²) in [7, 11) is 1.71. The van der Waals surface area contributed by atoms with Crippen molar-refractivity contribution in [2.75, 3.05) is 33.3 Å². The van der Waals surface area contributed by atoms with Gasteiger partial charge in [0.25, 0.3) is 0 Å². The highest BCUT2D eigenvalue weighted by molar-refractivity contribution is 5.87. The Labute approximate surface area is 185 Å². The molecule has 6 heteroatoms. The second-order valence-electron chi connectivity index (χ2n) is 10.0. The molecule has 2 saturated heterocycles. The fourth-order valence-electron chi connectivity index (χ4n) is 5.46. The number of amides is 1. The Morgan fingerprint density at radius 3 is 2.84 bits per heavy atom. The standard InChI is InChI=1S/C25H34N4O2/c1-18(2)29-15-23(26-17-29)22-14-27(12-20-5-4-6-21(11-20)31-3)16-25(22)9-10-28(24(25)30)13-19-7-8-19/h4-6,11,15,17-19,22H,7-10,12-14,16H2,1-3H3/t22-,25-/m0/s1. The molecular formula is C25H34N4O2. The van der Waals surface area contributed by atoms with Gasteiger partial charge in [0, 0.05) is 50.9 Å². The molecule has 2 aromatic rings. The van der Waals surface area contributed by atoms with E-state index in [-0.39, 0.29) is 11.3 Å². The molecule has 2 atom stereocenters. The summed E-state index contributed by atoms with van der Waals surface area (Å²) in [5.74, 6) is 2.12. The lowest BCUT2D eigenvalue weighted by atomic mass is 9.75. The van der Waals surface area contributed by atoms with Gasteiger partial charge in [-0.25, -0.2) is 4.98 Å². The van der Waals surface area contributed by atoms with Gasteiger partial charge in [0.05, 0.1) is 24.5 Å². The number of hydrogen-bond acceptors (Lipinski definition) is 4. The molecule has 3 heterocycles. The number of carbonyl (C=O) groups is 1. The molecule has 0 N–H and O–H groups in total. The average molecular weight is 423 g/mol. The topological polar surface area (TPSA) is 50.6 Å². The largest absolute Gasteiger partial charge is 0.497 e. The van der Waals surface area contributed by atoms with Crippen molar-refractivity contribution >= 4 is 5.91 Å². The summed E-state index contributed by atoms with van der Waals surface area (Å²) in [5.41, 5.74) is 1.95. The SMILES string of the molecule is COc1cccc(CN2C[C@@H](c3cn(C(C)C)cn3)[C@]3(CCN(CC4CC4)C3=O)C2)c1. The summed E-state index contributed by atoms with van der Waals surface area (Å²) in [6.07, 6.45) is 7.59. The quantitative estimate of drug-likeness (QED) is 0.683. The summed E-state index contributed by atoms with van der Waals surface area (Å²) < 4.78 is 7.57. The zero-order valence-electron chi connectivity index (χ0n) is 19.0. The van der Waals surface area contributed by atoms with Gasteiger partial charge in [-0.05, 0) is 56.7 Å². The predicted octanol–water partition coefficient (Wildman–Crippen LogP) is 3.70. The molecular weight excluding hydrogens is 388 g/mol. The number of hydrogen-bond donors (Lipinski definition) is 0. The van der Waals surface area contributed by atoms with Crippen LogP contribution in [-0.4, -0.2) is 58.5 Å². The van der Waals surface area contributed by atoms with Crippen LogP contribution in [0.1, 0.15) is 56.3 Å². The minimum absolute atomic E-state index is 0.148. The summed E-state index contributed by atoms with van der Waals surface area (Å²) in [6.45, 7) is 8.69. The summed E-state index contributed by atoms with van der Waals surface area (Å²) >= 11 is 0. The molecule has 3 fully saturated rings. The zero-order valence-corrected chi connectivity index (χ0v) is 19.0. The first-order valence-corrected chi connectivity index (χ1v) is 11.7. The minimum atomic E-state index is -0.343. The average Bonchev–Trinajstić information content (AvgIpc) is 3.18. The van der Waals surface area contributed by atoms with E-state index >= 15 is 0 Å². The number of likely N-dealkylation sites (tertiary alicyclic amines) is 2. The third-order valence-corrected chi connectivity index (χ3v) is 7.45. The molecule has 1 spiro atoms. The minimum Gasteiger partial charge on any atom is -0.497 e. The molecule has 5 rings (SSSR count). The second-order valence-corrected chi connectivity index (χ2v) is 10.0. The van der Waals surface area contributed by atoms with Gasteiger partial charge >= 0.3 is 0 Å². The Morgan fingerprint density at radius 1 is 1.29 bits per heavy atom. The number of imidazole rings is 1. The van der Waals surface area contributed by atoms with Crippen molar-refractivity contribution in [1.29, 1.82) is 0 Å². The van der Waals surface area contributed by atoms with Crippen molar-refractivity contribution < 1.29 is 9.53 Å². The van der Waals surface area contributed by atoms with Crippen LogP contribution in [0.15, 0.2) is 36.8 Å². The zero-order chi connectivity index (χ0) is 21.6. The first-order valence-electron chi connectivity index (χ1n) is 11.7. The first kappa shape index (κ1) is 20.6. The summed E-state index contributed by atoms with van der Waals surface area (Å²) in [5, 5.41) is 0. The third kappa shape index (κ3) is 3.86. The monoisotopic (exact) mass is 422 g/mol. The number of nitrogens with zero attached hydrogens (tertiary/aromatic N) is 4. The van der Waals surface area contributed by atoms with E-state index in [0.29, 0.717) is 11.9 Å². The molecule has 0 radical (unpaired) electrons. The van der Waals surface area contributed by atoms with Gasteiger partial charge in [-0.3, -0.25) is 9.69 Å². The smallest absolute Gasteiger partial charge is 0.230 e. The van der Waals surface area contributed by atoms with Crippen LogP contribution in [0.2, 0.25) is 0 Å². The molecule has 1 saturated carbocycles. The summed E-state index contributed by atoms with van der Waals surface area (Å²) in [4.78, 5) is 23.1. The molecule has 1 aromatic carbocycles. The third-order valence-electron chi connectivity index (χ3n) is 7.45. The van der Waals surface area contributed by atoms with Gasteiger partial charge in [0.15, 0.2) is 0 Å². The Bertz CT molecular complexity index is 951. The Hall–Kier alpha value is -2.34. The van der Waals surface area contributed by atoms with E-state index in [1.807, 2.05) is 18.5 Å². The van der Waals surface area contributed by atoms with Crippen LogP contribution in [0.25, 0.3) is 0 Å². The molecule has 1 aliphatic carbocycles. The van der Waals surface area contributed by atoms with E-state index < -0.39 is 0 Å². The highest BCUT2D eigenvalue weighted by Gasteiger charge is 2.58. The Balaban J connectivity index is 1.42. The van der Waals surface area contributed by atoms with E-state index in [9.17, 15) is 4.79 Å². The van der Waals surface area contributed by atoms with Crippen LogP contribution in [0.5, 0.6) is 5.75 Å². The Morgan fingerprint density at radius 2 is 2.13 bits per heavy atom. The lowest BCUT2D eigenvalue weighted by molar-refractivity contribution is -0.136. The van der Waals surface area contributed by atoms with E-state index in [0.717, 1.165) is 56.5 Å². The number of methoxy groups -OCH3 is 1. The lowest BCUT2D eigenvalue weighted by Gasteiger charge is -2.28. The Kier molecular flexibility index (Phi) is 5.29. The van der Waals surface area contributed by atoms with Crippen molar-refractivity contribution in [2.45, 2.75) is 51.6 Å². The molecule has 0 unspecified atom stereocenters. The maximum absolute atomic E-state index is 13.8. The fraction of sp³-hybridized carbons (Fsp3) is 0.600. The number of rotatable bonds is 7. The number of benzene rings is 1. The van der Waals surface area contributed by atoms with Gasteiger partial charge < -0.3 is 14.2 Å². The molecule has 1 aromatic heterocycles. The maximum Gasteiger partial charge on any atom is 0.230 e. The predicted molar refractivity (Wildman–Crippen MR) is 120 cm³/mol. The van der Waals surface area contributed by atoms with Gasteiger partial charge in [-0.1, -0.05) is 12.1 Å². The fourth-order valence-corrected chi connectivity index (χ4v) is 5.46. The highest BCUT2D eigenvalue weighted by atomic mass is 16.5. The molecule has 6 nitrogen and oxygen atoms in total. The first-order chi connectivity index (χ1) is 15.0. The lowest BCUT2D eigenvalue weighted by Crippen LogP contribution is -2.40. The van der Waals surface area contributed by atoms with Crippen LogP contribution in [0.3, 0.4) is 0 Å². The number of aromatic nitrogens is 2. The molecule has 31 heavy (non-hydrogen) atoms. The van der Waals surface area contributed by atoms with Crippen molar-refractivity contribution in [3.8, 4) is 5.75 Å². The maximum atomic E-state index is 13.8. The molecule has 3 aliphatic rings. The molecule has 166 valence electrons. The second kappa shape index (κ2) is 7.97. The number of carbonyl (C=O) groups excluding carboxylic acids is 1. The van der Waals surface area contributed by atoms with Gasteiger partial charge in [0.2, 0.25) is 5.91 Å². The normalized spacial score (nSPS) is 26.5. The van der Waals surface area contributed by atoms with Crippen LogP contribution in [0, 0.1) is 11.3 Å². The van der Waals surface area contributed by atoms with Crippen LogP contribution in [-0.2, 0) is 11.3 Å². The molecule has 1 amide bonds. The van der Waals surface area contributed by atoms with Crippen molar-refractivity contribution in [1.82, 2.24) is 19.4 Å². The molecule has 2 aliphatic heterocycles. The molecule has 0 bridgehead atoms. The van der Waals surface area contributed by atoms with Crippen LogP contribution < -0.4 is 4.74 Å². The highest BCUT2D eigenvalue weighted by Crippen LogP contribution is 2.50. The van der Waals surface area contributed by atoms with E-state index in [1.165, 1.54) is 18.4 Å². The van der Waals surface area contributed by atoms with Crippen molar-refractivity contribution in [3.05, 3.63) is 48.0 Å². The van der Waals surface area contributed by atoms with Crippen LogP contribution >= 0.6 is 0 Å². The number of ether oxygens (including phenoxy) is 1. The van der Waals surface area contributed by atoms with Gasteiger partial charge in [-0.2, -0.15) is 0 Å².